The van der Waals surface area contributed by atoms with Crippen molar-refractivity contribution in [3.63, 3.8) is 0 Å². The van der Waals surface area contributed by atoms with E-state index in [4.69, 9.17) is 17.3 Å². The summed E-state index contributed by atoms with van der Waals surface area (Å²) in [6.07, 6.45) is 3.68. The minimum Gasteiger partial charge on any atom is -1.00 e. The van der Waals surface area contributed by atoms with Crippen molar-refractivity contribution in [2.24, 2.45) is 0 Å². The van der Waals surface area contributed by atoms with Gasteiger partial charge in [-0.25, -0.2) is 0 Å². The third-order valence-corrected chi connectivity index (χ3v) is 4.10. The van der Waals surface area contributed by atoms with Crippen molar-refractivity contribution in [2.45, 2.75) is 6.92 Å². The Labute approximate surface area is 151 Å². The fraction of sp³-hybridized carbons (Fsp3) is 0.133. The van der Waals surface area contributed by atoms with Crippen LogP contribution in [0.2, 0.25) is 0 Å². The molecule has 0 saturated carbocycles. The molecule has 0 unspecified atom stereocenters. The number of aliphatic carboxylic acids is 1. The second-order valence-electron chi connectivity index (χ2n) is 4.46. The van der Waals surface area contributed by atoms with Gasteiger partial charge >= 0.3 is 24.8 Å². The average Bonchev–Trinajstić information content (AvgIpc) is 2.67. The van der Waals surface area contributed by atoms with Gasteiger partial charge in [-0.1, -0.05) is 60.4 Å². The second kappa shape index (κ2) is 8.35. The van der Waals surface area contributed by atoms with Gasteiger partial charge in [0.15, 0.2) is 0 Å². The van der Waals surface area contributed by atoms with Gasteiger partial charge in [0.05, 0.1) is 4.91 Å². The SMILES string of the molecule is CC(=C\c1ccccc1)/C=C1/SC(=S)N(CC(=O)O)C1=O.[H-].[Li+]. The molecule has 1 aliphatic rings. The molecule has 0 radical (unpaired) electrons. The molecule has 0 atom stereocenters. The van der Waals surface area contributed by atoms with Crippen LogP contribution in [0.5, 0.6) is 0 Å². The van der Waals surface area contributed by atoms with E-state index in [1.165, 1.54) is 0 Å². The van der Waals surface area contributed by atoms with Gasteiger partial charge in [-0.2, -0.15) is 0 Å². The number of nitrogens with zero attached hydrogens (tertiary/aromatic N) is 1. The number of thiocarbonyl (C=S) groups is 1. The van der Waals surface area contributed by atoms with Gasteiger partial charge < -0.3 is 6.53 Å². The first-order chi connectivity index (χ1) is 9.97. The first kappa shape index (κ1) is 18.7. The standard InChI is InChI=1S/C15H13NO3S2.Li.H/c1-10(7-11-5-3-2-4-6-11)8-12-14(19)16(9-13(17)18)15(20)21-12;;/h2-8H,9H2,1H3,(H,17,18);;/q;+1;-1/b10-7+,12-8+;;. The monoisotopic (exact) mass is 327 g/mol. The Balaban J connectivity index is 0.00000242. The molecule has 1 N–H and O–H groups in total. The van der Waals surface area contributed by atoms with Crippen LogP contribution >= 0.6 is 24.0 Å². The van der Waals surface area contributed by atoms with E-state index in [0.717, 1.165) is 27.8 Å². The summed E-state index contributed by atoms with van der Waals surface area (Å²) in [5.74, 6) is -1.43. The van der Waals surface area contributed by atoms with E-state index >= 15 is 0 Å². The third kappa shape index (κ3) is 4.85. The topological polar surface area (TPSA) is 57.6 Å². The summed E-state index contributed by atoms with van der Waals surface area (Å²) in [6, 6.07) is 9.74. The predicted molar refractivity (Wildman–Crippen MR) is 88.8 cm³/mol. The van der Waals surface area contributed by atoms with Crippen molar-refractivity contribution in [3.8, 4) is 0 Å². The molecule has 0 aromatic heterocycles. The quantitative estimate of drug-likeness (QED) is 0.481. The van der Waals surface area contributed by atoms with Gasteiger partial charge in [0.1, 0.15) is 10.9 Å². The summed E-state index contributed by atoms with van der Waals surface area (Å²) in [5.41, 5.74) is 1.93. The van der Waals surface area contributed by atoms with Gasteiger partial charge in [0.25, 0.3) is 5.91 Å². The molecule has 1 fully saturated rings. The summed E-state index contributed by atoms with van der Waals surface area (Å²) in [7, 11) is 0. The third-order valence-electron chi connectivity index (χ3n) is 2.72. The van der Waals surface area contributed by atoms with E-state index in [1.807, 2.05) is 43.3 Å². The number of carboxylic acids is 1. The number of carboxylic acid groups (broad SMARTS) is 1. The number of amides is 1. The Morgan fingerprint density at radius 1 is 1.41 bits per heavy atom. The number of hydrogen-bond donors (Lipinski definition) is 1. The number of carbonyl (C=O) groups is 2. The zero-order valence-corrected chi connectivity index (χ0v) is 13.9. The van der Waals surface area contributed by atoms with Crippen molar-refractivity contribution in [1.29, 1.82) is 0 Å². The van der Waals surface area contributed by atoms with Crippen molar-refractivity contribution >= 4 is 46.3 Å². The minimum absolute atomic E-state index is 0. The largest absolute Gasteiger partial charge is 1.00 e. The van der Waals surface area contributed by atoms with E-state index in [9.17, 15) is 9.59 Å². The molecule has 0 spiro atoms. The normalized spacial score (nSPS) is 16.9. The van der Waals surface area contributed by atoms with Gasteiger partial charge in [-0.15, -0.1) is 0 Å². The van der Waals surface area contributed by atoms with E-state index in [1.54, 1.807) is 6.08 Å². The second-order valence-corrected chi connectivity index (χ2v) is 6.14. The first-order valence-electron chi connectivity index (χ1n) is 6.18. The van der Waals surface area contributed by atoms with Gasteiger partial charge in [-0.05, 0) is 24.1 Å². The van der Waals surface area contributed by atoms with Crippen LogP contribution in [0.1, 0.15) is 13.9 Å². The Morgan fingerprint density at radius 3 is 2.64 bits per heavy atom. The van der Waals surface area contributed by atoms with Crippen LogP contribution < -0.4 is 18.9 Å². The van der Waals surface area contributed by atoms with Crippen molar-refractivity contribution < 1.29 is 35.0 Å². The minimum atomic E-state index is -1.08. The van der Waals surface area contributed by atoms with Gasteiger partial charge in [-0.3, -0.25) is 14.5 Å². The van der Waals surface area contributed by atoms with Crippen LogP contribution in [0, 0.1) is 0 Å². The number of thioether (sulfide) groups is 1. The number of carbonyl (C=O) groups excluding carboxylic acids is 1. The van der Waals surface area contributed by atoms with Crippen LogP contribution in [0.25, 0.3) is 6.08 Å². The van der Waals surface area contributed by atoms with Crippen LogP contribution in [-0.4, -0.2) is 32.7 Å². The molecule has 7 heteroatoms. The van der Waals surface area contributed by atoms with Crippen LogP contribution in [-0.2, 0) is 9.59 Å². The number of benzene rings is 1. The Bertz CT molecular complexity index is 662. The Hall–Kier alpha value is -1.32. The maximum absolute atomic E-state index is 12.1. The van der Waals surface area contributed by atoms with E-state index in [-0.39, 0.29) is 30.5 Å². The molecule has 2 rings (SSSR count). The molecular formula is C15H14LiNO3S2. The molecule has 4 nitrogen and oxygen atoms in total. The molecule has 1 saturated heterocycles. The summed E-state index contributed by atoms with van der Waals surface area (Å²) in [4.78, 5) is 24.4. The van der Waals surface area contributed by atoms with Gasteiger partial charge in [0.2, 0.25) is 0 Å². The number of allylic oxidation sites excluding steroid dienone is 2. The molecule has 1 aliphatic heterocycles. The molecule has 0 aliphatic carbocycles. The Morgan fingerprint density at radius 2 is 2.05 bits per heavy atom. The van der Waals surface area contributed by atoms with E-state index in [0.29, 0.717) is 4.91 Å². The first-order valence-corrected chi connectivity index (χ1v) is 7.40. The predicted octanol–water partition coefficient (Wildman–Crippen LogP) is 0.0352. The number of hydrogen-bond acceptors (Lipinski definition) is 4. The smallest absolute Gasteiger partial charge is 1.00 e. The summed E-state index contributed by atoms with van der Waals surface area (Å²) >= 11 is 6.17. The molecule has 1 amide bonds. The van der Waals surface area contributed by atoms with Crippen molar-refractivity contribution in [1.82, 2.24) is 4.90 Å². The fourth-order valence-corrected chi connectivity index (χ4v) is 3.14. The van der Waals surface area contributed by atoms with Crippen LogP contribution in [0.3, 0.4) is 0 Å². The molecule has 1 aromatic rings. The molecule has 110 valence electrons. The number of rotatable bonds is 4. The van der Waals surface area contributed by atoms with Crippen LogP contribution in [0.15, 0.2) is 46.9 Å². The molecule has 1 heterocycles. The fourth-order valence-electron chi connectivity index (χ4n) is 1.83. The summed E-state index contributed by atoms with van der Waals surface area (Å²) in [5, 5.41) is 8.78. The molecular weight excluding hydrogens is 313 g/mol. The van der Waals surface area contributed by atoms with Crippen LogP contribution in [0.4, 0.5) is 0 Å². The van der Waals surface area contributed by atoms with Crippen molar-refractivity contribution in [2.75, 3.05) is 6.54 Å². The Kier molecular flexibility index (Phi) is 7.10. The maximum atomic E-state index is 12.1. The zero-order chi connectivity index (χ0) is 15.4. The van der Waals surface area contributed by atoms with E-state index < -0.39 is 12.5 Å². The summed E-state index contributed by atoms with van der Waals surface area (Å²) < 4.78 is 0.279. The molecule has 22 heavy (non-hydrogen) atoms. The zero-order valence-electron chi connectivity index (χ0n) is 13.3. The maximum Gasteiger partial charge on any atom is 1.00 e. The molecule has 1 aromatic carbocycles. The van der Waals surface area contributed by atoms with Crippen molar-refractivity contribution in [3.05, 3.63) is 52.4 Å². The average molecular weight is 327 g/mol. The molecule has 0 bridgehead atoms. The summed E-state index contributed by atoms with van der Waals surface area (Å²) in [6.45, 7) is 1.49. The van der Waals surface area contributed by atoms with Gasteiger partial charge in [0, 0.05) is 0 Å². The van der Waals surface area contributed by atoms with E-state index in [2.05, 4.69) is 0 Å².